The van der Waals surface area contributed by atoms with Crippen molar-refractivity contribution in [2.24, 2.45) is 5.92 Å². The second-order valence-corrected chi connectivity index (χ2v) is 7.95. The number of ether oxygens (including phenoxy) is 1. The summed E-state index contributed by atoms with van der Waals surface area (Å²) < 4.78 is 5.18. The molecular formula is C24H28N2O3. The number of amides is 2. The molecule has 2 aromatic rings. The van der Waals surface area contributed by atoms with Crippen LogP contribution in [0.4, 0.5) is 5.69 Å². The molecule has 2 aromatic carbocycles. The predicted octanol–water partition coefficient (Wildman–Crippen LogP) is 4.09. The lowest BCUT2D eigenvalue weighted by Crippen LogP contribution is -2.31. The highest BCUT2D eigenvalue weighted by Gasteiger charge is 2.26. The Bertz CT molecular complexity index is 885. The highest BCUT2D eigenvalue weighted by molar-refractivity contribution is 6.07. The summed E-state index contributed by atoms with van der Waals surface area (Å²) in [5, 5.41) is 3.09. The van der Waals surface area contributed by atoms with Crippen LogP contribution in [0.25, 0.3) is 0 Å². The van der Waals surface area contributed by atoms with Crippen molar-refractivity contribution < 1.29 is 14.3 Å². The van der Waals surface area contributed by atoms with Crippen LogP contribution in [0.2, 0.25) is 0 Å². The van der Waals surface area contributed by atoms with E-state index in [4.69, 9.17) is 4.74 Å². The number of methoxy groups -OCH3 is 1. The second kappa shape index (κ2) is 8.68. The molecule has 5 heteroatoms. The number of anilines is 1. The maximum absolute atomic E-state index is 13.0. The van der Waals surface area contributed by atoms with E-state index in [9.17, 15) is 9.59 Å². The molecule has 0 atom stereocenters. The van der Waals surface area contributed by atoms with Crippen LogP contribution in [0.15, 0.2) is 42.5 Å². The molecule has 5 nitrogen and oxygen atoms in total. The van der Waals surface area contributed by atoms with Gasteiger partial charge in [-0.05, 0) is 60.7 Å². The normalized spacial score (nSPS) is 16.4. The number of rotatable bonds is 5. The van der Waals surface area contributed by atoms with E-state index in [0.717, 1.165) is 49.1 Å². The minimum absolute atomic E-state index is 0.00482. The van der Waals surface area contributed by atoms with Crippen molar-refractivity contribution in [1.82, 2.24) is 5.32 Å². The van der Waals surface area contributed by atoms with Crippen LogP contribution in [0.3, 0.4) is 0 Å². The van der Waals surface area contributed by atoms with Gasteiger partial charge in [-0.2, -0.15) is 0 Å². The summed E-state index contributed by atoms with van der Waals surface area (Å²) in [4.78, 5) is 27.3. The van der Waals surface area contributed by atoms with Gasteiger partial charge in [0.15, 0.2) is 0 Å². The van der Waals surface area contributed by atoms with Crippen LogP contribution >= 0.6 is 0 Å². The third-order valence-corrected chi connectivity index (χ3v) is 6.07. The van der Waals surface area contributed by atoms with Gasteiger partial charge in [-0.3, -0.25) is 9.59 Å². The average Bonchev–Trinajstić information content (AvgIpc) is 3.21. The first-order valence-corrected chi connectivity index (χ1v) is 10.5. The Hall–Kier alpha value is -2.82. The Morgan fingerprint density at radius 1 is 1.07 bits per heavy atom. The van der Waals surface area contributed by atoms with Crippen LogP contribution in [0.5, 0.6) is 5.75 Å². The molecule has 0 spiro atoms. The van der Waals surface area contributed by atoms with Crippen molar-refractivity contribution in [2.75, 3.05) is 18.6 Å². The fraction of sp³-hybridized carbons (Fsp3) is 0.417. The molecule has 0 bridgehead atoms. The van der Waals surface area contributed by atoms with Gasteiger partial charge >= 0.3 is 0 Å². The molecule has 1 fully saturated rings. The molecule has 29 heavy (non-hydrogen) atoms. The van der Waals surface area contributed by atoms with Crippen molar-refractivity contribution in [3.8, 4) is 5.75 Å². The lowest BCUT2D eigenvalue weighted by Gasteiger charge is -2.21. The Morgan fingerprint density at radius 3 is 2.55 bits per heavy atom. The Balaban J connectivity index is 1.44. The lowest BCUT2D eigenvalue weighted by atomic mass is 9.88. The second-order valence-electron chi connectivity index (χ2n) is 7.95. The summed E-state index contributed by atoms with van der Waals surface area (Å²) in [7, 11) is 1.61. The maximum atomic E-state index is 13.0. The van der Waals surface area contributed by atoms with E-state index in [1.165, 1.54) is 12.0 Å². The Labute approximate surface area is 172 Å². The topological polar surface area (TPSA) is 58.6 Å². The summed E-state index contributed by atoms with van der Waals surface area (Å²) in [6.07, 6.45) is 6.40. The number of carbonyl (C=O) groups excluding carboxylic acids is 2. The molecule has 1 heterocycles. The van der Waals surface area contributed by atoms with E-state index < -0.39 is 0 Å². The van der Waals surface area contributed by atoms with Gasteiger partial charge in [-0.25, -0.2) is 0 Å². The smallest absolute Gasteiger partial charge is 0.258 e. The molecule has 1 aliphatic carbocycles. The highest BCUT2D eigenvalue weighted by atomic mass is 16.5. The van der Waals surface area contributed by atoms with Crippen LogP contribution in [0.1, 0.15) is 53.6 Å². The SMILES string of the molecule is COc1ccc(C(=O)N2CCc3ccc(CNC(=O)C4CCCCC4)cc32)cc1. The van der Waals surface area contributed by atoms with Crippen molar-refractivity contribution in [2.45, 2.75) is 45.1 Å². The fourth-order valence-electron chi connectivity index (χ4n) is 4.33. The number of hydrogen-bond acceptors (Lipinski definition) is 3. The summed E-state index contributed by atoms with van der Waals surface area (Å²) >= 11 is 0. The monoisotopic (exact) mass is 392 g/mol. The zero-order valence-electron chi connectivity index (χ0n) is 16.9. The van der Waals surface area contributed by atoms with Gasteiger partial charge in [-0.15, -0.1) is 0 Å². The molecule has 1 saturated carbocycles. The number of fused-ring (bicyclic) bond motifs is 1. The van der Waals surface area contributed by atoms with Gasteiger partial charge in [0, 0.05) is 30.3 Å². The summed E-state index contributed by atoms with van der Waals surface area (Å²) in [5.74, 6) is 1.05. The van der Waals surface area contributed by atoms with Gasteiger partial charge in [0.05, 0.1) is 7.11 Å². The van der Waals surface area contributed by atoms with E-state index in [-0.39, 0.29) is 17.7 Å². The largest absolute Gasteiger partial charge is 0.497 e. The molecule has 2 aliphatic rings. The first-order chi connectivity index (χ1) is 14.2. The molecular weight excluding hydrogens is 364 g/mol. The van der Waals surface area contributed by atoms with E-state index >= 15 is 0 Å². The van der Waals surface area contributed by atoms with E-state index in [1.807, 2.05) is 11.0 Å². The third-order valence-electron chi connectivity index (χ3n) is 6.07. The molecule has 0 radical (unpaired) electrons. The molecule has 152 valence electrons. The number of benzene rings is 2. The van der Waals surface area contributed by atoms with Gasteiger partial charge < -0.3 is 15.0 Å². The van der Waals surface area contributed by atoms with E-state index in [0.29, 0.717) is 18.7 Å². The molecule has 1 N–H and O–H groups in total. The number of nitrogens with one attached hydrogen (secondary N) is 1. The van der Waals surface area contributed by atoms with Crippen LogP contribution in [0, 0.1) is 5.92 Å². The highest BCUT2D eigenvalue weighted by Crippen LogP contribution is 2.31. The van der Waals surface area contributed by atoms with Crippen LogP contribution < -0.4 is 15.0 Å². The maximum Gasteiger partial charge on any atom is 0.258 e. The minimum Gasteiger partial charge on any atom is -0.497 e. The molecule has 2 amide bonds. The third kappa shape index (κ3) is 4.29. The Kier molecular flexibility index (Phi) is 5.84. The minimum atomic E-state index is -0.00482. The van der Waals surface area contributed by atoms with Gasteiger partial charge in [0.1, 0.15) is 5.75 Å². The molecule has 4 rings (SSSR count). The molecule has 0 unspecified atom stereocenters. The average molecular weight is 392 g/mol. The lowest BCUT2D eigenvalue weighted by molar-refractivity contribution is -0.126. The van der Waals surface area contributed by atoms with Gasteiger partial charge in [0.2, 0.25) is 5.91 Å². The van der Waals surface area contributed by atoms with Crippen LogP contribution in [-0.4, -0.2) is 25.5 Å². The molecule has 0 saturated heterocycles. The fourth-order valence-corrected chi connectivity index (χ4v) is 4.33. The Morgan fingerprint density at radius 2 is 1.83 bits per heavy atom. The quantitative estimate of drug-likeness (QED) is 0.834. The van der Waals surface area contributed by atoms with E-state index in [2.05, 4.69) is 17.4 Å². The van der Waals surface area contributed by atoms with Crippen LogP contribution in [-0.2, 0) is 17.8 Å². The zero-order valence-corrected chi connectivity index (χ0v) is 16.9. The standard InChI is InChI=1S/C24H28N2O3/c1-29-21-11-9-20(10-12-21)24(28)26-14-13-18-8-7-17(15-22(18)26)16-25-23(27)19-5-3-2-4-6-19/h7-12,15,19H,2-6,13-14,16H2,1H3,(H,25,27). The number of carbonyl (C=O) groups is 2. The molecule has 0 aromatic heterocycles. The van der Waals surface area contributed by atoms with Crippen molar-refractivity contribution >= 4 is 17.5 Å². The summed E-state index contributed by atoms with van der Waals surface area (Å²) in [5.41, 5.74) is 3.81. The first-order valence-electron chi connectivity index (χ1n) is 10.5. The number of hydrogen-bond donors (Lipinski definition) is 1. The van der Waals surface area contributed by atoms with Crippen molar-refractivity contribution in [1.29, 1.82) is 0 Å². The predicted molar refractivity (Wildman–Crippen MR) is 113 cm³/mol. The zero-order chi connectivity index (χ0) is 20.2. The first kappa shape index (κ1) is 19.5. The number of nitrogens with zero attached hydrogens (tertiary/aromatic N) is 1. The molecule has 1 aliphatic heterocycles. The van der Waals surface area contributed by atoms with Gasteiger partial charge in [-0.1, -0.05) is 31.4 Å². The van der Waals surface area contributed by atoms with Crippen molar-refractivity contribution in [3.63, 3.8) is 0 Å². The van der Waals surface area contributed by atoms with Crippen molar-refractivity contribution in [3.05, 3.63) is 59.2 Å². The summed E-state index contributed by atoms with van der Waals surface area (Å²) in [6, 6.07) is 13.4. The summed E-state index contributed by atoms with van der Waals surface area (Å²) in [6.45, 7) is 1.19. The van der Waals surface area contributed by atoms with E-state index in [1.54, 1.807) is 31.4 Å². The van der Waals surface area contributed by atoms with Gasteiger partial charge in [0.25, 0.3) is 5.91 Å².